The number of hydrogen-bond acceptors (Lipinski definition) is 5. The maximum absolute atomic E-state index is 5.35. The lowest BCUT2D eigenvalue weighted by molar-refractivity contribution is 0.354. The second-order valence-corrected chi connectivity index (χ2v) is 4.50. The Hall–Kier alpha value is -2.30. The van der Waals surface area contributed by atoms with Gasteiger partial charge in [0.05, 0.1) is 20.3 Å². The first-order valence-electron chi connectivity index (χ1n) is 6.41. The van der Waals surface area contributed by atoms with Crippen molar-refractivity contribution in [3.8, 4) is 11.5 Å². The lowest BCUT2D eigenvalue weighted by Gasteiger charge is -2.19. The number of aryl methyl sites for hydroxylation is 1. The number of methoxy groups -OCH3 is 2. The molecule has 0 fully saturated rings. The number of benzene rings is 1. The van der Waals surface area contributed by atoms with Crippen LogP contribution in [0.1, 0.15) is 24.1 Å². The summed E-state index contributed by atoms with van der Waals surface area (Å²) in [5.41, 5.74) is 2.24. The van der Waals surface area contributed by atoms with Gasteiger partial charge in [0.15, 0.2) is 11.5 Å². The smallest absolute Gasteiger partial charge is 0.223 e. The third kappa shape index (κ3) is 2.99. The molecule has 106 valence electrons. The molecule has 5 nitrogen and oxygen atoms in total. The third-order valence-electron chi connectivity index (χ3n) is 3.15. The van der Waals surface area contributed by atoms with Crippen LogP contribution in [0.4, 0.5) is 5.95 Å². The van der Waals surface area contributed by atoms with Crippen molar-refractivity contribution in [3.63, 3.8) is 0 Å². The summed E-state index contributed by atoms with van der Waals surface area (Å²) in [5, 5.41) is 3.27. The molecule has 0 amide bonds. The van der Waals surface area contributed by atoms with Gasteiger partial charge in [0.1, 0.15) is 0 Å². The Morgan fingerprint density at radius 3 is 2.25 bits per heavy atom. The third-order valence-corrected chi connectivity index (χ3v) is 3.15. The molecular weight excluding hydrogens is 254 g/mol. The first kappa shape index (κ1) is 14.1. The fourth-order valence-corrected chi connectivity index (χ4v) is 2.11. The Morgan fingerprint density at radius 2 is 1.65 bits per heavy atom. The van der Waals surface area contributed by atoms with Crippen LogP contribution in [0.3, 0.4) is 0 Å². The van der Waals surface area contributed by atoms with Crippen LogP contribution in [0.25, 0.3) is 0 Å². The maximum Gasteiger partial charge on any atom is 0.223 e. The van der Waals surface area contributed by atoms with E-state index in [0.717, 1.165) is 22.6 Å². The monoisotopic (exact) mass is 273 g/mol. The van der Waals surface area contributed by atoms with E-state index in [-0.39, 0.29) is 6.04 Å². The van der Waals surface area contributed by atoms with E-state index in [1.807, 2.05) is 19.1 Å². The lowest BCUT2D eigenvalue weighted by atomic mass is 10.0. The summed E-state index contributed by atoms with van der Waals surface area (Å²) < 4.78 is 10.6. The van der Waals surface area contributed by atoms with Crippen molar-refractivity contribution in [1.29, 1.82) is 0 Å². The highest BCUT2D eigenvalue weighted by molar-refractivity contribution is 5.49. The molecule has 0 saturated carbocycles. The van der Waals surface area contributed by atoms with Crippen LogP contribution < -0.4 is 14.8 Å². The van der Waals surface area contributed by atoms with Gasteiger partial charge in [-0.15, -0.1) is 0 Å². The van der Waals surface area contributed by atoms with Gasteiger partial charge in [0.25, 0.3) is 0 Å². The van der Waals surface area contributed by atoms with E-state index in [0.29, 0.717) is 5.95 Å². The van der Waals surface area contributed by atoms with Crippen LogP contribution in [0.15, 0.2) is 30.6 Å². The molecule has 2 aromatic rings. The van der Waals surface area contributed by atoms with Gasteiger partial charge in [-0.3, -0.25) is 0 Å². The molecule has 0 aliphatic heterocycles. The molecule has 1 heterocycles. The molecule has 0 radical (unpaired) electrons. The average Bonchev–Trinajstić information content (AvgIpc) is 2.47. The summed E-state index contributed by atoms with van der Waals surface area (Å²) in [5.74, 6) is 2.06. The number of ether oxygens (including phenoxy) is 2. The Bertz CT molecular complexity index is 573. The molecule has 1 N–H and O–H groups in total. The molecule has 1 aromatic carbocycles. The van der Waals surface area contributed by atoms with E-state index >= 15 is 0 Å². The largest absolute Gasteiger partial charge is 0.493 e. The highest BCUT2D eigenvalue weighted by Crippen LogP contribution is 2.33. The van der Waals surface area contributed by atoms with Gasteiger partial charge in [0, 0.05) is 12.4 Å². The predicted octanol–water partition coefficient (Wildman–Crippen LogP) is 2.98. The quantitative estimate of drug-likeness (QED) is 0.907. The Kier molecular flexibility index (Phi) is 4.40. The van der Waals surface area contributed by atoms with E-state index in [1.54, 1.807) is 32.7 Å². The van der Waals surface area contributed by atoms with Crippen molar-refractivity contribution in [2.75, 3.05) is 19.5 Å². The van der Waals surface area contributed by atoms with E-state index < -0.39 is 0 Å². The summed E-state index contributed by atoms with van der Waals surface area (Å²) >= 11 is 0. The van der Waals surface area contributed by atoms with Gasteiger partial charge < -0.3 is 14.8 Å². The Balaban J connectivity index is 2.27. The van der Waals surface area contributed by atoms with Crippen LogP contribution >= 0.6 is 0 Å². The summed E-state index contributed by atoms with van der Waals surface area (Å²) in [7, 11) is 3.27. The van der Waals surface area contributed by atoms with Crippen molar-refractivity contribution in [3.05, 3.63) is 41.7 Å². The molecule has 1 atom stereocenters. The van der Waals surface area contributed by atoms with Crippen LogP contribution in [-0.4, -0.2) is 24.2 Å². The summed E-state index contributed by atoms with van der Waals surface area (Å²) in [6, 6.07) is 5.81. The molecule has 1 unspecified atom stereocenters. The van der Waals surface area contributed by atoms with E-state index in [9.17, 15) is 0 Å². The first-order valence-corrected chi connectivity index (χ1v) is 6.41. The number of anilines is 1. The molecule has 0 spiro atoms. The topological polar surface area (TPSA) is 56.3 Å². The van der Waals surface area contributed by atoms with Gasteiger partial charge in [-0.05, 0) is 43.2 Å². The van der Waals surface area contributed by atoms with Crippen molar-refractivity contribution >= 4 is 5.95 Å². The molecule has 0 bridgehead atoms. The van der Waals surface area contributed by atoms with Gasteiger partial charge in [0.2, 0.25) is 5.95 Å². The zero-order valence-electron chi connectivity index (χ0n) is 12.2. The molecule has 0 aliphatic rings. The predicted molar refractivity (Wildman–Crippen MR) is 78.4 cm³/mol. The molecule has 0 aliphatic carbocycles. The minimum Gasteiger partial charge on any atom is -0.493 e. The first-order chi connectivity index (χ1) is 9.65. The van der Waals surface area contributed by atoms with E-state index in [4.69, 9.17) is 9.47 Å². The zero-order chi connectivity index (χ0) is 14.5. The lowest BCUT2D eigenvalue weighted by Crippen LogP contribution is -2.11. The summed E-state index contributed by atoms with van der Waals surface area (Å²) in [6.45, 7) is 4.10. The normalized spacial score (nSPS) is 11.8. The molecule has 20 heavy (non-hydrogen) atoms. The maximum atomic E-state index is 5.35. The number of nitrogens with zero attached hydrogens (tertiary/aromatic N) is 2. The summed E-state index contributed by atoms with van der Waals surface area (Å²) in [4.78, 5) is 8.34. The van der Waals surface area contributed by atoms with Crippen molar-refractivity contribution < 1.29 is 9.47 Å². The molecule has 1 aromatic heterocycles. The van der Waals surface area contributed by atoms with Crippen molar-refractivity contribution in [2.45, 2.75) is 19.9 Å². The standard InChI is InChI=1S/C15H19N3O2/c1-10-8-13(19-3)14(20-4)9-12(10)11(2)18-15-16-6-5-7-17-15/h5-9,11H,1-4H3,(H,16,17,18). The van der Waals surface area contributed by atoms with Gasteiger partial charge in [-0.1, -0.05) is 0 Å². The second-order valence-electron chi connectivity index (χ2n) is 4.50. The SMILES string of the molecule is COc1cc(C)c(C(C)Nc2ncccn2)cc1OC. The van der Waals surface area contributed by atoms with Crippen LogP contribution in [0, 0.1) is 6.92 Å². The van der Waals surface area contributed by atoms with Crippen LogP contribution in [0.5, 0.6) is 11.5 Å². The van der Waals surface area contributed by atoms with E-state index in [1.165, 1.54) is 0 Å². The fourth-order valence-electron chi connectivity index (χ4n) is 2.11. The number of nitrogens with one attached hydrogen (secondary N) is 1. The molecule has 0 saturated heterocycles. The molecule has 5 heteroatoms. The Morgan fingerprint density at radius 1 is 1.05 bits per heavy atom. The second kappa shape index (κ2) is 6.23. The van der Waals surface area contributed by atoms with Crippen molar-refractivity contribution in [2.24, 2.45) is 0 Å². The van der Waals surface area contributed by atoms with Crippen LogP contribution in [-0.2, 0) is 0 Å². The highest BCUT2D eigenvalue weighted by Gasteiger charge is 2.14. The van der Waals surface area contributed by atoms with Crippen LogP contribution in [0.2, 0.25) is 0 Å². The molecule has 2 rings (SSSR count). The molecular formula is C15H19N3O2. The van der Waals surface area contributed by atoms with Gasteiger partial charge in [-0.2, -0.15) is 0 Å². The summed E-state index contributed by atoms with van der Waals surface area (Å²) in [6.07, 6.45) is 3.42. The van der Waals surface area contributed by atoms with Crippen molar-refractivity contribution in [1.82, 2.24) is 9.97 Å². The van der Waals surface area contributed by atoms with E-state index in [2.05, 4.69) is 22.2 Å². The average molecular weight is 273 g/mol. The fraction of sp³-hybridized carbons (Fsp3) is 0.333. The van der Waals surface area contributed by atoms with Gasteiger partial charge in [-0.25, -0.2) is 9.97 Å². The number of rotatable bonds is 5. The van der Waals surface area contributed by atoms with Gasteiger partial charge >= 0.3 is 0 Å². The zero-order valence-corrected chi connectivity index (χ0v) is 12.2. The number of aromatic nitrogens is 2. The Labute approximate surface area is 119 Å². The highest BCUT2D eigenvalue weighted by atomic mass is 16.5. The minimum atomic E-state index is 0.0669. The minimum absolute atomic E-state index is 0.0669. The number of hydrogen-bond donors (Lipinski definition) is 1.